The molecule has 0 aliphatic rings. The van der Waals surface area contributed by atoms with Gasteiger partial charge in [-0.1, -0.05) is 31.2 Å². The molecule has 0 saturated carbocycles. The van der Waals surface area contributed by atoms with Crippen LogP contribution in [0.2, 0.25) is 0 Å². The number of nitrogens with zero attached hydrogens (tertiary/aromatic N) is 3. The maximum absolute atomic E-state index is 12.7. The lowest BCUT2D eigenvalue weighted by Gasteiger charge is -2.29. The summed E-state index contributed by atoms with van der Waals surface area (Å²) in [7, 11) is 0. The molecular weight excluding hydrogens is 434 g/mol. The van der Waals surface area contributed by atoms with Crippen LogP contribution in [0.4, 0.5) is 9.59 Å². The van der Waals surface area contributed by atoms with Gasteiger partial charge in [-0.05, 0) is 66.0 Å². The SMILES string of the molecule is CC(/C=C(\C=O)c1cn(-c2ccccc2)cn1)CCN(C(=O)OC(C)(C)C)C(=O)OC(C)(C)C. The third-order valence-corrected chi connectivity index (χ3v) is 4.56. The predicted octanol–water partition coefficient (Wildman–Crippen LogP) is 5.65. The van der Waals surface area contributed by atoms with Gasteiger partial charge in [-0.15, -0.1) is 0 Å². The number of hydrogen-bond donors (Lipinski definition) is 0. The van der Waals surface area contributed by atoms with Crippen molar-refractivity contribution in [3.05, 3.63) is 54.6 Å². The first-order valence-corrected chi connectivity index (χ1v) is 11.3. The van der Waals surface area contributed by atoms with Gasteiger partial charge in [0.05, 0.1) is 12.0 Å². The molecule has 0 aliphatic heterocycles. The van der Waals surface area contributed by atoms with E-state index in [9.17, 15) is 14.4 Å². The Morgan fingerprint density at radius 3 is 2.09 bits per heavy atom. The van der Waals surface area contributed by atoms with E-state index in [4.69, 9.17) is 9.47 Å². The average molecular weight is 470 g/mol. The molecular formula is C26H35N3O5. The van der Waals surface area contributed by atoms with Crippen LogP contribution in [0.15, 0.2) is 48.9 Å². The quantitative estimate of drug-likeness (QED) is 0.384. The van der Waals surface area contributed by atoms with E-state index in [1.54, 1.807) is 60.1 Å². The topological polar surface area (TPSA) is 90.7 Å². The minimum absolute atomic E-state index is 0.0755. The Labute approximate surface area is 201 Å². The fourth-order valence-corrected chi connectivity index (χ4v) is 3.01. The number of allylic oxidation sites excluding steroid dienone is 2. The zero-order valence-corrected chi connectivity index (χ0v) is 21.1. The zero-order valence-electron chi connectivity index (χ0n) is 21.1. The summed E-state index contributed by atoms with van der Waals surface area (Å²) in [4.78, 5) is 42.4. The van der Waals surface area contributed by atoms with Gasteiger partial charge < -0.3 is 14.0 Å². The lowest BCUT2D eigenvalue weighted by Crippen LogP contribution is -2.44. The van der Waals surface area contributed by atoms with Crippen molar-refractivity contribution in [3.8, 4) is 5.69 Å². The normalized spacial score (nSPS) is 13.2. The van der Waals surface area contributed by atoms with Crippen molar-refractivity contribution >= 4 is 24.0 Å². The first-order chi connectivity index (χ1) is 15.8. The Kier molecular flexibility index (Phi) is 8.79. The van der Waals surface area contributed by atoms with Gasteiger partial charge in [0, 0.05) is 24.0 Å². The number of benzene rings is 1. The number of amides is 2. The number of imide groups is 1. The third kappa shape index (κ3) is 8.50. The van der Waals surface area contributed by atoms with E-state index in [1.807, 2.05) is 41.8 Å². The molecule has 184 valence electrons. The highest BCUT2D eigenvalue weighted by molar-refractivity contribution is 6.05. The highest BCUT2D eigenvalue weighted by atomic mass is 16.6. The Bertz CT molecular complexity index is 985. The van der Waals surface area contributed by atoms with Crippen LogP contribution in [0.25, 0.3) is 11.3 Å². The summed E-state index contributed by atoms with van der Waals surface area (Å²) in [6, 6.07) is 9.67. The van der Waals surface area contributed by atoms with Gasteiger partial charge in [0.1, 0.15) is 11.2 Å². The van der Waals surface area contributed by atoms with E-state index in [-0.39, 0.29) is 12.5 Å². The minimum atomic E-state index is -0.768. The van der Waals surface area contributed by atoms with Gasteiger partial charge in [-0.2, -0.15) is 0 Å². The van der Waals surface area contributed by atoms with Crippen molar-refractivity contribution in [1.29, 1.82) is 0 Å². The molecule has 1 unspecified atom stereocenters. The molecule has 2 amide bonds. The predicted molar refractivity (Wildman–Crippen MR) is 131 cm³/mol. The summed E-state index contributed by atoms with van der Waals surface area (Å²) < 4.78 is 12.6. The summed E-state index contributed by atoms with van der Waals surface area (Å²) >= 11 is 0. The molecule has 8 heteroatoms. The van der Waals surface area contributed by atoms with Gasteiger partial charge in [0.25, 0.3) is 0 Å². The summed E-state index contributed by atoms with van der Waals surface area (Å²) in [5.41, 5.74) is 0.394. The summed E-state index contributed by atoms with van der Waals surface area (Å²) in [5, 5.41) is 0. The number of imidazole rings is 1. The standard InChI is InChI=1S/C26H35N3O5/c1-19(13-14-29(23(31)33-25(2,3)4)24(32)34-26(5,6)7)15-20(17-30)22-16-28(18-27-22)21-11-9-8-10-12-21/h8-12,15-19H,13-14H2,1-7H3/b20-15+. The van der Waals surface area contributed by atoms with Crippen LogP contribution >= 0.6 is 0 Å². The van der Waals surface area contributed by atoms with Crippen LogP contribution in [-0.4, -0.2) is 50.7 Å². The largest absolute Gasteiger partial charge is 0.443 e. The van der Waals surface area contributed by atoms with Crippen molar-refractivity contribution in [3.63, 3.8) is 0 Å². The average Bonchev–Trinajstić information content (AvgIpc) is 3.20. The fourth-order valence-electron chi connectivity index (χ4n) is 3.01. The van der Waals surface area contributed by atoms with Crippen LogP contribution in [0, 0.1) is 5.92 Å². The van der Waals surface area contributed by atoms with Gasteiger partial charge in [-0.25, -0.2) is 19.5 Å². The van der Waals surface area contributed by atoms with Gasteiger partial charge in [0.2, 0.25) is 0 Å². The van der Waals surface area contributed by atoms with Crippen molar-refractivity contribution < 1.29 is 23.9 Å². The summed E-state index contributed by atoms with van der Waals surface area (Å²) in [6.07, 6.45) is 4.86. The molecule has 0 radical (unpaired) electrons. The fraction of sp³-hybridized carbons (Fsp3) is 0.462. The highest BCUT2D eigenvalue weighted by Gasteiger charge is 2.31. The highest BCUT2D eigenvalue weighted by Crippen LogP contribution is 2.19. The number of carbonyl (C=O) groups excluding carboxylic acids is 3. The zero-order chi connectivity index (χ0) is 25.5. The summed E-state index contributed by atoms with van der Waals surface area (Å²) in [5.74, 6) is -0.130. The number of aromatic nitrogens is 2. The Morgan fingerprint density at radius 2 is 1.59 bits per heavy atom. The van der Waals surface area contributed by atoms with Crippen LogP contribution in [0.5, 0.6) is 0 Å². The molecule has 0 spiro atoms. The van der Waals surface area contributed by atoms with E-state index < -0.39 is 23.4 Å². The molecule has 1 aromatic carbocycles. The van der Waals surface area contributed by atoms with E-state index in [0.717, 1.165) is 16.9 Å². The van der Waals surface area contributed by atoms with Gasteiger partial charge in [0.15, 0.2) is 6.29 Å². The van der Waals surface area contributed by atoms with Crippen molar-refractivity contribution in [1.82, 2.24) is 14.5 Å². The molecule has 8 nitrogen and oxygen atoms in total. The molecule has 1 atom stereocenters. The van der Waals surface area contributed by atoms with Crippen LogP contribution in [0.1, 0.15) is 60.6 Å². The summed E-state index contributed by atoms with van der Waals surface area (Å²) in [6.45, 7) is 12.4. The van der Waals surface area contributed by atoms with Gasteiger partial charge >= 0.3 is 12.2 Å². The lowest BCUT2D eigenvalue weighted by atomic mass is 10.0. The van der Waals surface area contributed by atoms with Crippen LogP contribution < -0.4 is 0 Å². The van der Waals surface area contributed by atoms with Gasteiger partial charge in [-0.3, -0.25) is 4.79 Å². The van der Waals surface area contributed by atoms with Crippen molar-refractivity contribution in [2.45, 2.75) is 66.1 Å². The number of para-hydroxylation sites is 1. The van der Waals surface area contributed by atoms with E-state index in [2.05, 4.69) is 4.98 Å². The molecule has 1 aromatic heterocycles. The second-order valence-corrected chi connectivity index (χ2v) is 10.1. The molecule has 0 N–H and O–H groups in total. The minimum Gasteiger partial charge on any atom is -0.443 e. The number of carbonyl (C=O) groups is 3. The molecule has 0 aliphatic carbocycles. The molecule has 2 rings (SSSR count). The number of hydrogen-bond acceptors (Lipinski definition) is 6. The molecule has 0 saturated heterocycles. The molecule has 34 heavy (non-hydrogen) atoms. The smallest absolute Gasteiger partial charge is 0.419 e. The number of aldehydes is 1. The maximum atomic E-state index is 12.7. The monoisotopic (exact) mass is 469 g/mol. The molecule has 0 fully saturated rings. The second kappa shape index (κ2) is 11.1. The number of ether oxygens (including phenoxy) is 2. The number of rotatable bonds is 7. The second-order valence-electron chi connectivity index (χ2n) is 10.1. The van der Waals surface area contributed by atoms with E-state index in [1.165, 1.54) is 0 Å². The lowest BCUT2D eigenvalue weighted by molar-refractivity contribution is -0.103. The van der Waals surface area contributed by atoms with Crippen molar-refractivity contribution in [2.75, 3.05) is 6.54 Å². The van der Waals surface area contributed by atoms with Crippen LogP contribution in [0.3, 0.4) is 0 Å². The maximum Gasteiger partial charge on any atom is 0.419 e. The van der Waals surface area contributed by atoms with E-state index >= 15 is 0 Å². The van der Waals surface area contributed by atoms with E-state index in [0.29, 0.717) is 17.7 Å². The molecule has 0 bridgehead atoms. The first-order valence-electron chi connectivity index (χ1n) is 11.3. The van der Waals surface area contributed by atoms with Crippen LogP contribution in [-0.2, 0) is 14.3 Å². The Morgan fingerprint density at radius 1 is 1.03 bits per heavy atom. The third-order valence-electron chi connectivity index (χ3n) is 4.56. The Balaban J connectivity index is 2.14. The Hall–Kier alpha value is -3.42. The molecule has 1 heterocycles. The van der Waals surface area contributed by atoms with Crippen molar-refractivity contribution in [2.24, 2.45) is 5.92 Å². The first kappa shape index (κ1) is 26.8. The molecule has 2 aromatic rings.